The van der Waals surface area contributed by atoms with Gasteiger partial charge in [0.1, 0.15) is 0 Å². The highest BCUT2D eigenvalue weighted by Gasteiger charge is 2.28. The molecule has 1 aromatic rings. The van der Waals surface area contributed by atoms with Gasteiger partial charge in [0.25, 0.3) is 0 Å². The molecule has 0 amide bonds. The van der Waals surface area contributed by atoms with Crippen LogP contribution >= 0.6 is 0 Å². The number of hydrogen-bond acceptors (Lipinski definition) is 2. The highest BCUT2D eigenvalue weighted by molar-refractivity contribution is 5.19. The minimum atomic E-state index is -0.289. The van der Waals surface area contributed by atoms with Gasteiger partial charge in [0.05, 0.1) is 11.8 Å². The summed E-state index contributed by atoms with van der Waals surface area (Å²) in [6.07, 6.45) is 5.23. The molecule has 13 heavy (non-hydrogen) atoms. The molecule has 2 rings (SSSR count). The van der Waals surface area contributed by atoms with Crippen LogP contribution in [-0.4, -0.2) is 14.9 Å². The Morgan fingerprint density at radius 3 is 2.69 bits per heavy atom. The maximum atomic E-state index is 9.98. The fourth-order valence-electron chi connectivity index (χ4n) is 1.92. The maximum absolute atomic E-state index is 9.98. The molecule has 1 fully saturated rings. The first-order valence-electron chi connectivity index (χ1n) is 4.86. The van der Waals surface area contributed by atoms with Crippen LogP contribution in [0.3, 0.4) is 0 Å². The van der Waals surface area contributed by atoms with Crippen molar-refractivity contribution in [3.63, 3.8) is 0 Å². The molecule has 0 saturated heterocycles. The Hall–Kier alpha value is -0.830. The SMILES string of the molecule is Cc1nn(C)cc1C(O)C1CCC1. The lowest BCUT2D eigenvalue weighted by molar-refractivity contribution is 0.0616. The first-order valence-corrected chi connectivity index (χ1v) is 4.86. The molecule has 72 valence electrons. The molecule has 0 aromatic carbocycles. The number of aryl methyl sites for hydroxylation is 2. The Bertz CT molecular complexity index is 302. The maximum Gasteiger partial charge on any atom is 0.0851 e. The van der Waals surface area contributed by atoms with E-state index in [4.69, 9.17) is 0 Å². The summed E-state index contributed by atoms with van der Waals surface area (Å²) in [6.45, 7) is 1.96. The normalized spacial score (nSPS) is 19.9. The molecule has 1 unspecified atom stereocenters. The molecule has 3 heteroatoms. The smallest absolute Gasteiger partial charge is 0.0851 e. The zero-order valence-corrected chi connectivity index (χ0v) is 8.20. The largest absolute Gasteiger partial charge is 0.388 e. The predicted octanol–water partition coefficient (Wildman–Crippen LogP) is 1.56. The van der Waals surface area contributed by atoms with Gasteiger partial charge in [-0.25, -0.2) is 0 Å². The molecular formula is C10H16N2O. The van der Waals surface area contributed by atoms with Crippen molar-refractivity contribution in [3.05, 3.63) is 17.5 Å². The number of nitrogens with zero attached hydrogens (tertiary/aromatic N) is 2. The second-order valence-electron chi connectivity index (χ2n) is 3.98. The van der Waals surface area contributed by atoms with Crippen LogP contribution in [0.25, 0.3) is 0 Å². The van der Waals surface area contributed by atoms with Gasteiger partial charge in [-0.3, -0.25) is 4.68 Å². The average Bonchev–Trinajstić information content (AvgIpc) is 2.26. The Labute approximate surface area is 78.4 Å². The lowest BCUT2D eigenvalue weighted by Gasteiger charge is -2.29. The molecule has 3 nitrogen and oxygen atoms in total. The van der Waals surface area contributed by atoms with Gasteiger partial charge in [-0.1, -0.05) is 6.42 Å². The number of aliphatic hydroxyl groups is 1. The van der Waals surface area contributed by atoms with E-state index in [0.29, 0.717) is 5.92 Å². The Morgan fingerprint density at radius 2 is 2.31 bits per heavy atom. The van der Waals surface area contributed by atoms with E-state index >= 15 is 0 Å². The van der Waals surface area contributed by atoms with Crippen LogP contribution in [0.4, 0.5) is 0 Å². The molecule has 1 N–H and O–H groups in total. The average molecular weight is 180 g/mol. The molecule has 1 aliphatic rings. The number of rotatable bonds is 2. The van der Waals surface area contributed by atoms with Gasteiger partial charge < -0.3 is 5.11 Å². The van der Waals surface area contributed by atoms with E-state index in [1.54, 1.807) is 4.68 Å². The van der Waals surface area contributed by atoms with Crippen molar-refractivity contribution in [2.24, 2.45) is 13.0 Å². The fourth-order valence-corrected chi connectivity index (χ4v) is 1.92. The monoisotopic (exact) mass is 180 g/mol. The Kier molecular flexibility index (Phi) is 2.12. The van der Waals surface area contributed by atoms with Crippen molar-refractivity contribution < 1.29 is 5.11 Å². The molecule has 1 heterocycles. The van der Waals surface area contributed by atoms with Crippen LogP contribution < -0.4 is 0 Å². The fraction of sp³-hybridized carbons (Fsp3) is 0.700. The summed E-state index contributed by atoms with van der Waals surface area (Å²) in [6, 6.07) is 0. The summed E-state index contributed by atoms with van der Waals surface area (Å²) >= 11 is 0. The standard InChI is InChI=1S/C10H16N2O/c1-7-9(6-12(2)11-7)10(13)8-4-3-5-8/h6,8,10,13H,3-5H2,1-2H3. The van der Waals surface area contributed by atoms with Crippen molar-refractivity contribution in [1.82, 2.24) is 9.78 Å². The minimum absolute atomic E-state index is 0.289. The first kappa shape index (κ1) is 8.75. The molecule has 0 bridgehead atoms. The molecule has 0 aliphatic heterocycles. The van der Waals surface area contributed by atoms with Gasteiger partial charge in [0, 0.05) is 18.8 Å². The summed E-state index contributed by atoms with van der Waals surface area (Å²) in [4.78, 5) is 0. The molecule has 1 saturated carbocycles. The van der Waals surface area contributed by atoms with Gasteiger partial charge in [0.2, 0.25) is 0 Å². The summed E-state index contributed by atoms with van der Waals surface area (Å²) in [5.74, 6) is 0.475. The van der Waals surface area contributed by atoms with Crippen molar-refractivity contribution in [2.45, 2.75) is 32.3 Å². The summed E-state index contributed by atoms with van der Waals surface area (Å²) in [5, 5.41) is 14.2. The lowest BCUT2D eigenvalue weighted by atomic mass is 9.79. The second-order valence-corrected chi connectivity index (χ2v) is 3.98. The van der Waals surface area contributed by atoms with E-state index in [1.165, 1.54) is 6.42 Å². The van der Waals surface area contributed by atoms with Crippen molar-refractivity contribution in [3.8, 4) is 0 Å². The third-order valence-corrected chi connectivity index (χ3v) is 2.97. The molecular weight excluding hydrogens is 164 g/mol. The second kappa shape index (κ2) is 3.14. The van der Waals surface area contributed by atoms with Crippen LogP contribution in [0.1, 0.15) is 36.6 Å². The topological polar surface area (TPSA) is 38.0 Å². The van der Waals surface area contributed by atoms with E-state index in [1.807, 2.05) is 20.2 Å². The van der Waals surface area contributed by atoms with Gasteiger partial charge in [-0.05, 0) is 25.7 Å². The molecule has 1 aromatic heterocycles. The third kappa shape index (κ3) is 1.48. The quantitative estimate of drug-likeness (QED) is 0.750. The number of hydrogen-bond donors (Lipinski definition) is 1. The predicted molar refractivity (Wildman–Crippen MR) is 50.2 cm³/mol. The van der Waals surface area contributed by atoms with Crippen molar-refractivity contribution in [1.29, 1.82) is 0 Å². The molecule has 1 atom stereocenters. The molecule has 0 spiro atoms. The van der Waals surface area contributed by atoms with E-state index in [9.17, 15) is 5.11 Å². The van der Waals surface area contributed by atoms with Gasteiger partial charge >= 0.3 is 0 Å². The summed E-state index contributed by atoms with van der Waals surface area (Å²) in [7, 11) is 1.89. The Balaban J connectivity index is 2.18. The van der Waals surface area contributed by atoms with E-state index < -0.39 is 0 Å². The highest BCUT2D eigenvalue weighted by Crippen LogP contribution is 2.38. The van der Waals surface area contributed by atoms with E-state index in [0.717, 1.165) is 24.1 Å². The molecule has 1 aliphatic carbocycles. The molecule has 0 radical (unpaired) electrons. The number of aromatic nitrogens is 2. The first-order chi connectivity index (χ1) is 6.18. The van der Waals surface area contributed by atoms with Crippen LogP contribution in [0, 0.1) is 12.8 Å². The summed E-state index contributed by atoms with van der Waals surface area (Å²) in [5.41, 5.74) is 1.97. The van der Waals surface area contributed by atoms with Crippen LogP contribution in [0.15, 0.2) is 6.20 Å². The zero-order valence-electron chi connectivity index (χ0n) is 8.20. The van der Waals surface area contributed by atoms with Gasteiger partial charge in [-0.15, -0.1) is 0 Å². The van der Waals surface area contributed by atoms with Crippen LogP contribution in [0.2, 0.25) is 0 Å². The van der Waals surface area contributed by atoms with Gasteiger partial charge in [0.15, 0.2) is 0 Å². The Morgan fingerprint density at radius 1 is 1.62 bits per heavy atom. The minimum Gasteiger partial charge on any atom is -0.388 e. The summed E-state index contributed by atoms with van der Waals surface area (Å²) < 4.78 is 1.77. The van der Waals surface area contributed by atoms with Gasteiger partial charge in [-0.2, -0.15) is 5.10 Å². The third-order valence-electron chi connectivity index (χ3n) is 2.97. The van der Waals surface area contributed by atoms with Crippen molar-refractivity contribution >= 4 is 0 Å². The van der Waals surface area contributed by atoms with Crippen LogP contribution in [-0.2, 0) is 7.05 Å². The van der Waals surface area contributed by atoms with Crippen molar-refractivity contribution in [2.75, 3.05) is 0 Å². The number of aliphatic hydroxyl groups excluding tert-OH is 1. The van der Waals surface area contributed by atoms with E-state index in [-0.39, 0.29) is 6.10 Å². The van der Waals surface area contributed by atoms with E-state index in [2.05, 4.69) is 5.10 Å². The lowest BCUT2D eigenvalue weighted by Crippen LogP contribution is -2.20. The highest BCUT2D eigenvalue weighted by atomic mass is 16.3. The van der Waals surface area contributed by atoms with Crippen LogP contribution in [0.5, 0.6) is 0 Å². The zero-order chi connectivity index (χ0) is 9.42.